The molecule has 0 heterocycles. The highest BCUT2D eigenvalue weighted by Gasteiger charge is 2.27. The monoisotopic (exact) mass is 1390 g/mol. The topological polar surface area (TPSA) is 108 Å². The van der Waals surface area contributed by atoms with Gasteiger partial charge in [0.25, 0.3) is 0 Å². The van der Waals surface area contributed by atoms with Crippen LogP contribution in [0.5, 0.6) is 0 Å². The van der Waals surface area contributed by atoms with Crippen LogP contribution < -0.4 is 0 Å². The number of allylic oxidation sites excluding steroid dienone is 14. The molecular formula is C88H163NO8P+. The zero-order valence-electron chi connectivity index (χ0n) is 65.5. The predicted octanol–water partition coefficient (Wildman–Crippen LogP) is 28.4. The Hall–Kier alpha value is -2.81. The van der Waals surface area contributed by atoms with E-state index in [0.29, 0.717) is 23.9 Å². The Labute approximate surface area is 609 Å². The van der Waals surface area contributed by atoms with Crippen LogP contribution >= 0.6 is 7.82 Å². The molecule has 0 spiro atoms. The van der Waals surface area contributed by atoms with E-state index in [-0.39, 0.29) is 25.6 Å². The molecule has 0 aromatic rings. The number of esters is 2. The van der Waals surface area contributed by atoms with Crippen molar-refractivity contribution in [2.75, 3.05) is 47.5 Å². The van der Waals surface area contributed by atoms with Crippen LogP contribution in [0.15, 0.2) is 85.1 Å². The van der Waals surface area contributed by atoms with E-state index in [1.165, 1.54) is 302 Å². The number of ether oxygens (including phenoxy) is 2. The van der Waals surface area contributed by atoms with Gasteiger partial charge in [-0.05, 0) is 70.6 Å². The molecule has 1 N–H and O–H groups in total. The third-order valence-corrected chi connectivity index (χ3v) is 19.9. The Morgan fingerprint density at radius 1 is 0.327 bits per heavy atom. The quantitative estimate of drug-likeness (QED) is 0.0211. The van der Waals surface area contributed by atoms with Crippen LogP contribution in [0.1, 0.15) is 412 Å². The van der Waals surface area contributed by atoms with Crippen LogP contribution in [0, 0.1) is 0 Å². The molecule has 0 aliphatic heterocycles. The number of hydrogen-bond donors (Lipinski definition) is 1. The minimum absolute atomic E-state index is 0.0326. The van der Waals surface area contributed by atoms with Crippen LogP contribution in [-0.2, 0) is 32.7 Å². The SMILES string of the molecule is CC/C=C\C/C=C\C/C=C\C/C=C\C/C=C\C/C=C\C/C=C\CCCCCCCCCCCCCCCCCCCC(=O)OC(COC(=O)CCCCCCCCCCCCCCCCCCCCCCCCCCCCCCCCCCCCC)COP(=O)(O)OCC[N+](C)(C)C. The molecule has 2 unspecified atom stereocenters. The van der Waals surface area contributed by atoms with Crippen molar-refractivity contribution in [1.82, 2.24) is 0 Å². The number of hydrogen-bond acceptors (Lipinski definition) is 7. The summed E-state index contributed by atoms with van der Waals surface area (Å²) in [6, 6.07) is 0. The van der Waals surface area contributed by atoms with E-state index in [4.69, 9.17) is 18.5 Å². The molecule has 9 nitrogen and oxygen atoms in total. The third-order valence-electron chi connectivity index (χ3n) is 18.9. The number of rotatable bonds is 79. The van der Waals surface area contributed by atoms with Gasteiger partial charge in [-0.3, -0.25) is 18.6 Å². The lowest BCUT2D eigenvalue weighted by Crippen LogP contribution is -2.37. The third kappa shape index (κ3) is 82.1. The highest BCUT2D eigenvalue weighted by Crippen LogP contribution is 2.43. The second-order valence-corrected chi connectivity index (χ2v) is 31.3. The number of likely N-dealkylation sites (N-methyl/N-ethyl adjacent to an activating group) is 1. The highest BCUT2D eigenvalue weighted by atomic mass is 31.2. The number of phosphoric ester groups is 1. The maximum atomic E-state index is 12.9. The van der Waals surface area contributed by atoms with Crippen molar-refractivity contribution in [2.45, 2.75) is 418 Å². The Morgan fingerprint density at radius 3 is 0.867 bits per heavy atom. The Bertz CT molecular complexity index is 1930. The fraction of sp³-hybridized carbons (Fsp3) is 0.818. The molecule has 0 bridgehead atoms. The molecule has 0 aromatic carbocycles. The largest absolute Gasteiger partial charge is 0.472 e. The Balaban J connectivity index is 3.91. The van der Waals surface area contributed by atoms with E-state index in [1.807, 2.05) is 21.1 Å². The average molecular weight is 1390 g/mol. The van der Waals surface area contributed by atoms with Gasteiger partial charge in [-0.25, -0.2) is 4.57 Å². The van der Waals surface area contributed by atoms with Gasteiger partial charge in [0.2, 0.25) is 0 Å². The molecule has 572 valence electrons. The van der Waals surface area contributed by atoms with Crippen molar-refractivity contribution in [1.29, 1.82) is 0 Å². The molecule has 0 saturated carbocycles. The lowest BCUT2D eigenvalue weighted by molar-refractivity contribution is -0.870. The van der Waals surface area contributed by atoms with E-state index < -0.39 is 26.5 Å². The van der Waals surface area contributed by atoms with E-state index in [2.05, 4.69) is 98.9 Å². The molecular weight excluding hydrogens is 1230 g/mol. The standard InChI is InChI=1S/C88H162NO8P/c1-6-8-10-12-14-16-18-20-22-24-26-28-30-32-34-36-38-40-42-43-44-45-47-49-51-53-55-57-59-61-63-65-67-69-71-73-75-77-79-81-88(91)97-86(85-96-98(92,93)95-83-82-89(3,4)5)84-94-87(90)80-78-76-74-72-70-68-66-64-62-60-58-56-54-52-50-48-46-41-39-37-35-33-31-29-27-25-23-21-19-17-15-13-11-9-7-2/h8,10,14,16,20,22,26,28,32,34,38,40,43-44,86H,6-7,9,11-13,15,17-19,21,23-25,27,29-31,33,35-37,39,41-42,45-85H2,1-5H3/p+1/b10-8-,16-14-,22-20-,28-26-,34-32-,40-38-,44-43-. The number of nitrogens with zero attached hydrogens (tertiary/aromatic N) is 1. The maximum absolute atomic E-state index is 12.9. The molecule has 2 atom stereocenters. The summed E-state index contributed by atoms with van der Waals surface area (Å²) in [7, 11) is 1.49. The number of quaternary nitrogens is 1. The zero-order chi connectivity index (χ0) is 71.1. The van der Waals surface area contributed by atoms with Crippen LogP contribution in [0.3, 0.4) is 0 Å². The minimum atomic E-state index is -4.40. The summed E-state index contributed by atoms with van der Waals surface area (Å²) in [5.74, 6) is -0.777. The average Bonchev–Trinajstić information content (AvgIpc) is 1.23. The lowest BCUT2D eigenvalue weighted by atomic mass is 10.0. The van der Waals surface area contributed by atoms with Crippen LogP contribution in [0.25, 0.3) is 0 Å². The molecule has 0 amide bonds. The summed E-state index contributed by atoms with van der Waals surface area (Å²) in [6.07, 6.45) is 109. The van der Waals surface area contributed by atoms with Crippen molar-refractivity contribution >= 4 is 19.8 Å². The van der Waals surface area contributed by atoms with Gasteiger partial charge in [0, 0.05) is 12.8 Å². The minimum Gasteiger partial charge on any atom is -0.462 e. The fourth-order valence-corrected chi connectivity index (χ4v) is 13.3. The summed E-state index contributed by atoms with van der Waals surface area (Å²) in [5, 5.41) is 0. The number of carbonyl (C=O) groups is 2. The maximum Gasteiger partial charge on any atom is 0.472 e. The van der Waals surface area contributed by atoms with Gasteiger partial charge >= 0.3 is 19.8 Å². The number of phosphoric acid groups is 1. The predicted molar refractivity (Wildman–Crippen MR) is 427 cm³/mol. The summed E-state index contributed by atoms with van der Waals surface area (Å²) >= 11 is 0. The van der Waals surface area contributed by atoms with Crippen molar-refractivity contribution < 1.29 is 42.1 Å². The van der Waals surface area contributed by atoms with Gasteiger partial charge < -0.3 is 18.9 Å². The first-order valence-electron chi connectivity index (χ1n) is 42.3. The number of unbranched alkanes of at least 4 members (excludes halogenated alkanes) is 51. The highest BCUT2D eigenvalue weighted by molar-refractivity contribution is 7.47. The number of carbonyl (C=O) groups excluding carboxylic acids is 2. The van der Waals surface area contributed by atoms with Crippen LogP contribution in [0.2, 0.25) is 0 Å². The van der Waals surface area contributed by atoms with Crippen LogP contribution in [0.4, 0.5) is 0 Å². The molecule has 0 saturated heterocycles. The smallest absolute Gasteiger partial charge is 0.462 e. The second kappa shape index (κ2) is 78.3. The molecule has 0 aliphatic carbocycles. The van der Waals surface area contributed by atoms with E-state index in [0.717, 1.165) is 77.0 Å². The van der Waals surface area contributed by atoms with Crippen molar-refractivity contribution in [2.24, 2.45) is 0 Å². The first kappa shape index (κ1) is 95.2. The Kier molecular flexibility index (Phi) is 76.1. The van der Waals surface area contributed by atoms with E-state index >= 15 is 0 Å². The summed E-state index contributed by atoms with van der Waals surface area (Å²) in [4.78, 5) is 36.0. The molecule has 0 radical (unpaired) electrons. The lowest BCUT2D eigenvalue weighted by Gasteiger charge is -2.24. The summed E-state index contributed by atoms with van der Waals surface area (Å²) < 4.78 is 34.9. The molecule has 10 heteroatoms. The molecule has 98 heavy (non-hydrogen) atoms. The first-order chi connectivity index (χ1) is 48.0. The molecule has 0 aromatic heterocycles. The van der Waals surface area contributed by atoms with Gasteiger partial charge in [0.1, 0.15) is 19.8 Å². The molecule has 0 aliphatic rings. The summed E-state index contributed by atoms with van der Waals surface area (Å²) in [5.41, 5.74) is 0. The van der Waals surface area contributed by atoms with Crippen molar-refractivity contribution in [3.05, 3.63) is 85.1 Å². The zero-order valence-corrected chi connectivity index (χ0v) is 66.4. The van der Waals surface area contributed by atoms with Crippen molar-refractivity contribution in [3.63, 3.8) is 0 Å². The van der Waals surface area contributed by atoms with E-state index in [1.54, 1.807) is 0 Å². The van der Waals surface area contributed by atoms with Gasteiger partial charge in [0.15, 0.2) is 6.10 Å². The van der Waals surface area contributed by atoms with Crippen LogP contribution in [-0.4, -0.2) is 74.9 Å². The first-order valence-corrected chi connectivity index (χ1v) is 43.8. The normalized spacial score (nSPS) is 13.4. The Morgan fingerprint density at radius 2 is 0.582 bits per heavy atom. The van der Waals surface area contributed by atoms with E-state index in [9.17, 15) is 19.0 Å². The van der Waals surface area contributed by atoms with Crippen molar-refractivity contribution in [3.8, 4) is 0 Å². The van der Waals surface area contributed by atoms with Gasteiger partial charge in [-0.1, -0.05) is 414 Å². The van der Waals surface area contributed by atoms with Gasteiger partial charge in [-0.2, -0.15) is 0 Å². The van der Waals surface area contributed by atoms with Gasteiger partial charge in [-0.15, -0.1) is 0 Å². The molecule has 0 fully saturated rings. The summed E-state index contributed by atoms with van der Waals surface area (Å²) in [6.45, 7) is 4.39. The fourth-order valence-electron chi connectivity index (χ4n) is 12.5. The van der Waals surface area contributed by atoms with Gasteiger partial charge in [0.05, 0.1) is 27.7 Å². The second-order valence-electron chi connectivity index (χ2n) is 29.8. The molecule has 0 rings (SSSR count).